The molecule has 0 unspecified atom stereocenters. The standard InChI is InChI=1S/C11H14IN5/c12-10-9-8(3-6-15-11(9)13)17(16-10)7-1-4-14-5-2-7/h3,6-7,14H,1-2,4-5H2,(H2,13,15). The molecule has 1 saturated heterocycles. The van der Waals surface area contributed by atoms with E-state index in [2.05, 4.69) is 42.7 Å². The van der Waals surface area contributed by atoms with Crippen molar-refractivity contribution in [1.82, 2.24) is 20.1 Å². The average molecular weight is 343 g/mol. The highest BCUT2D eigenvalue weighted by Gasteiger charge is 2.20. The smallest absolute Gasteiger partial charge is 0.135 e. The molecule has 0 aromatic carbocycles. The molecule has 5 nitrogen and oxygen atoms in total. The number of hydrogen-bond donors (Lipinski definition) is 2. The number of rotatable bonds is 1. The number of nitrogens with two attached hydrogens (primary N) is 1. The van der Waals surface area contributed by atoms with Crippen LogP contribution in [0.3, 0.4) is 0 Å². The van der Waals surface area contributed by atoms with Gasteiger partial charge in [0.2, 0.25) is 0 Å². The van der Waals surface area contributed by atoms with E-state index in [1.807, 2.05) is 6.07 Å². The van der Waals surface area contributed by atoms with Gasteiger partial charge in [-0.25, -0.2) is 4.98 Å². The summed E-state index contributed by atoms with van der Waals surface area (Å²) in [6.45, 7) is 2.12. The second kappa shape index (κ2) is 4.41. The van der Waals surface area contributed by atoms with Crippen LogP contribution in [0.1, 0.15) is 18.9 Å². The van der Waals surface area contributed by atoms with E-state index < -0.39 is 0 Å². The number of halogens is 1. The van der Waals surface area contributed by atoms with E-state index in [4.69, 9.17) is 5.73 Å². The molecule has 3 rings (SSSR count). The number of nitrogens with zero attached hydrogens (tertiary/aromatic N) is 3. The Kier molecular flexibility index (Phi) is 2.91. The first-order chi connectivity index (χ1) is 8.27. The molecule has 0 amide bonds. The molecular weight excluding hydrogens is 329 g/mol. The lowest BCUT2D eigenvalue weighted by atomic mass is 10.1. The molecular formula is C11H14IN5. The zero-order valence-corrected chi connectivity index (χ0v) is 11.5. The number of aromatic nitrogens is 3. The number of anilines is 1. The van der Waals surface area contributed by atoms with Gasteiger partial charge >= 0.3 is 0 Å². The van der Waals surface area contributed by atoms with Crippen molar-refractivity contribution < 1.29 is 0 Å². The summed E-state index contributed by atoms with van der Waals surface area (Å²) in [7, 11) is 0. The van der Waals surface area contributed by atoms with Crippen LogP contribution < -0.4 is 11.1 Å². The molecule has 3 heterocycles. The van der Waals surface area contributed by atoms with E-state index in [9.17, 15) is 0 Å². The summed E-state index contributed by atoms with van der Waals surface area (Å²) in [6.07, 6.45) is 4.00. The summed E-state index contributed by atoms with van der Waals surface area (Å²) in [4.78, 5) is 4.13. The Bertz CT molecular complexity index is 544. The predicted molar refractivity (Wildman–Crippen MR) is 75.8 cm³/mol. The minimum absolute atomic E-state index is 0.476. The second-order valence-electron chi connectivity index (χ2n) is 4.31. The number of hydrogen-bond acceptors (Lipinski definition) is 4. The Balaban J connectivity index is 2.13. The third-order valence-corrected chi connectivity index (χ3v) is 4.02. The maximum absolute atomic E-state index is 5.92. The fourth-order valence-electron chi connectivity index (χ4n) is 2.40. The fourth-order valence-corrected chi connectivity index (χ4v) is 3.18. The lowest BCUT2D eigenvalue weighted by molar-refractivity contribution is 0.350. The van der Waals surface area contributed by atoms with Gasteiger partial charge in [-0.3, -0.25) is 4.68 Å². The van der Waals surface area contributed by atoms with Crippen LogP contribution in [0.2, 0.25) is 0 Å². The van der Waals surface area contributed by atoms with Crippen molar-refractivity contribution in [2.24, 2.45) is 0 Å². The minimum Gasteiger partial charge on any atom is -0.383 e. The summed E-state index contributed by atoms with van der Waals surface area (Å²) in [6, 6.07) is 2.48. The lowest BCUT2D eigenvalue weighted by Gasteiger charge is -2.23. The summed E-state index contributed by atoms with van der Waals surface area (Å²) in [5, 5.41) is 8.99. The van der Waals surface area contributed by atoms with Crippen LogP contribution in [0, 0.1) is 3.70 Å². The SMILES string of the molecule is Nc1nccc2c1c(I)nn2C1CCNCC1. The van der Waals surface area contributed by atoms with Crippen LogP contribution in [0.15, 0.2) is 12.3 Å². The van der Waals surface area contributed by atoms with Crippen molar-refractivity contribution in [3.05, 3.63) is 16.0 Å². The Morgan fingerprint density at radius 3 is 2.94 bits per heavy atom. The van der Waals surface area contributed by atoms with Crippen molar-refractivity contribution in [3.63, 3.8) is 0 Å². The van der Waals surface area contributed by atoms with Crippen LogP contribution in [0.4, 0.5) is 5.82 Å². The molecule has 3 N–H and O–H groups in total. The van der Waals surface area contributed by atoms with Crippen LogP contribution in [-0.4, -0.2) is 27.9 Å². The Hall–Kier alpha value is -0.890. The largest absolute Gasteiger partial charge is 0.383 e. The van der Waals surface area contributed by atoms with Crippen LogP contribution in [0.25, 0.3) is 10.9 Å². The van der Waals surface area contributed by atoms with Gasteiger partial charge in [0.05, 0.1) is 16.9 Å². The van der Waals surface area contributed by atoms with Crippen molar-refractivity contribution in [2.75, 3.05) is 18.8 Å². The molecule has 1 fully saturated rings. The van der Waals surface area contributed by atoms with E-state index in [0.717, 1.165) is 40.5 Å². The topological polar surface area (TPSA) is 68.8 Å². The van der Waals surface area contributed by atoms with Gasteiger partial charge in [0, 0.05) is 6.20 Å². The molecule has 6 heteroatoms. The molecule has 0 saturated carbocycles. The molecule has 17 heavy (non-hydrogen) atoms. The molecule has 0 spiro atoms. The van der Waals surface area contributed by atoms with Gasteiger partial charge in [-0.1, -0.05) is 0 Å². The molecule has 0 aliphatic carbocycles. The van der Waals surface area contributed by atoms with Crippen molar-refractivity contribution >= 4 is 39.3 Å². The predicted octanol–water partition coefficient (Wildman–Crippen LogP) is 1.54. The maximum Gasteiger partial charge on any atom is 0.135 e. The van der Waals surface area contributed by atoms with Gasteiger partial charge < -0.3 is 11.1 Å². The number of nitrogen functional groups attached to an aromatic ring is 1. The van der Waals surface area contributed by atoms with E-state index in [1.54, 1.807) is 6.20 Å². The van der Waals surface area contributed by atoms with Crippen LogP contribution in [0.5, 0.6) is 0 Å². The number of nitrogens with one attached hydrogen (secondary N) is 1. The highest BCUT2D eigenvalue weighted by molar-refractivity contribution is 14.1. The first kappa shape index (κ1) is 11.2. The van der Waals surface area contributed by atoms with E-state index >= 15 is 0 Å². The molecule has 90 valence electrons. The van der Waals surface area contributed by atoms with Gasteiger partial charge in [0.1, 0.15) is 9.52 Å². The molecule has 0 atom stereocenters. The van der Waals surface area contributed by atoms with Gasteiger partial charge in [-0.15, -0.1) is 0 Å². The van der Waals surface area contributed by atoms with E-state index in [1.165, 1.54) is 0 Å². The summed E-state index contributed by atoms with van der Waals surface area (Å²) < 4.78 is 3.07. The maximum atomic E-state index is 5.92. The van der Waals surface area contributed by atoms with E-state index in [-0.39, 0.29) is 0 Å². The summed E-state index contributed by atoms with van der Waals surface area (Å²) in [5.41, 5.74) is 7.02. The van der Waals surface area contributed by atoms with Crippen molar-refractivity contribution in [1.29, 1.82) is 0 Å². The first-order valence-corrected chi connectivity index (χ1v) is 6.84. The summed E-state index contributed by atoms with van der Waals surface area (Å²) in [5.74, 6) is 0.576. The highest BCUT2D eigenvalue weighted by Crippen LogP contribution is 2.29. The van der Waals surface area contributed by atoms with Crippen molar-refractivity contribution in [3.8, 4) is 0 Å². The lowest BCUT2D eigenvalue weighted by Crippen LogP contribution is -2.29. The fraction of sp³-hybridized carbons (Fsp3) is 0.455. The highest BCUT2D eigenvalue weighted by atomic mass is 127. The number of fused-ring (bicyclic) bond motifs is 1. The quantitative estimate of drug-likeness (QED) is 0.771. The van der Waals surface area contributed by atoms with Crippen LogP contribution in [-0.2, 0) is 0 Å². The Morgan fingerprint density at radius 2 is 2.18 bits per heavy atom. The van der Waals surface area contributed by atoms with Crippen LogP contribution >= 0.6 is 22.6 Å². The molecule has 1 aliphatic rings. The Morgan fingerprint density at radius 1 is 1.41 bits per heavy atom. The molecule has 0 radical (unpaired) electrons. The van der Waals surface area contributed by atoms with Gasteiger partial charge in [0.25, 0.3) is 0 Å². The summed E-state index contributed by atoms with van der Waals surface area (Å²) >= 11 is 2.23. The Labute approximate surface area is 113 Å². The molecule has 2 aromatic rings. The number of pyridine rings is 1. The van der Waals surface area contributed by atoms with Gasteiger partial charge in [0.15, 0.2) is 0 Å². The van der Waals surface area contributed by atoms with Crippen molar-refractivity contribution in [2.45, 2.75) is 18.9 Å². The normalized spacial score (nSPS) is 17.7. The zero-order chi connectivity index (χ0) is 11.8. The van der Waals surface area contributed by atoms with Gasteiger partial charge in [-0.2, -0.15) is 5.10 Å². The first-order valence-electron chi connectivity index (χ1n) is 5.76. The third-order valence-electron chi connectivity index (χ3n) is 3.26. The molecule has 2 aromatic heterocycles. The number of piperidine rings is 1. The van der Waals surface area contributed by atoms with E-state index in [0.29, 0.717) is 11.9 Å². The minimum atomic E-state index is 0.476. The third kappa shape index (κ3) is 1.89. The zero-order valence-electron chi connectivity index (χ0n) is 9.36. The van der Waals surface area contributed by atoms with Gasteiger partial charge in [-0.05, 0) is 54.6 Å². The molecule has 1 aliphatic heterocycles. The average Bonchev–Trinajstić information content (AvgIpc) is 2.69. The second-order valence-corrected chi connectivity index (χ2v) is 5.33. The molecule has 0 bridgehead atoms. The monoisotopic (exact) mass is 343 g/mol.